The van der Waals surface area contributed by atoms with Gasteiger partial charge in [0.2, 0.25) is 0 Å². The molecule has 1 N–H and O–H groups in total. The minimum absolute atomic E-state index is 0. The number of nitrogens with zero attached hydrogens (tertiary/aromatic N) is 2. The van der Waals surface area contributed by atoms with Gasteiger partial charge in [-0.1, -0.05) is 32.0 Å². The third-order valence-electron chi connectivity index (χ3n) is 5.05. The summed E-state index contributed by atoms with van der Waals surface area (Å²) in [5.41, 5.74) is 1.11. The number of aliphatic imine (C=N–C) groups is 1. The summed E-state index contributed by atoms with van der Waals surface area (Å²) in [5.74, 6) is 2.36. The molecule has 2 saturated heterocycles. The maximum atomic E-state index is 5.99. The van der Waals surface area contributed by atoms with Gasteiger partial charge in [-0.3, -0.25) is 0 Å². The van der Waals surface area contributed by atoms with Crippen LogP contribution in [0.2, 0.25) is 0 Å². The minimum atomic E-state index is 0. The van der Waals surface area contributed by atoms with E-state index in [1.165, 1.54) is 0 Å². The van der Waals surface area contributed by atoms with Gasteiger partial charge >= 0.3 is 0 Å². The molecule has 0 aromatic heterocycles. The minimum Gasteiger partial charge on any atom is -0.493 e. The van der Waals surface area contributed by atoms with Crippen molar-refractivity contribution in [3.63, 3.8) is 0 Å². The lowest BCUT2D eigenvalue weighted by Crippen LogP contribution is -2.53. The van der Waals surface area contributed by atoms with Crippen LogP contribution in [0, 0.1) is 5.92 Å². The van der Waals surface area contributed by atoms with Gasteiger partial charge in [0.15, 0.2) is 5.96 Å². The summed E-state index contributed by atoms with van der Waals surface area (Å²) in [6.45, 7) is 11.8. The van der Waals surface area contributed by atoms with Gasteiger partial charge in [0.05, 0.1) is 25.9 Å². The number of benzene rings is 1. The molecule has 3 rings (SSSR count). The van der Waals surface area contributed by atoms with Crippen molar-refractivity contribution in [3.8, 4) is 5.75 Å². The Kier molecular flexibility index (Phi) is 10.5. The monoisotopic (exact) mass is 517 g/mol. The molecule has 0 bridgehead atoms. The van der Waals surface area contributed by atoms with Gasteiger partial charge in [-0.05, 0) is 31.7 Å². The second kappa shape index (κ2) is 12.6. The van der Waals surface area contributed by atoms with Gasteiger partial charge in [-0.25, -0.2) is 4.99 Å². The van der Waals surface area contributed by atoms with Crippen LogP contribution in [0.5, 0.6) is 5.75 Å². The van der Waals surface area contributed by atoms with Gasteiger partial charge in [-0.2, -0.15) is 0 Å². The highest BCUT2D eigenvalue weighted by Gasteiger charge is 2.32. The lowest BCUT2D eigenvalue weighted by molar-refractivity contribution is -0.0817. The van der Waals surface area contributed by atoms with Crippen LogP contribution in [0.15, 0.2) is 29.3 Å². The third kappa shape index (κ3) is 7.29. The molecule has 0 aliphatic carbocycles. The Bertz CT molecular complexity index is 635. The van der Waals surface area contributed by atoms with E-state index >= 15 is 0 Å². The van der Waals surface area contributed by atoms with Crippen LogP contribution in [0.1, 0.15) is 39.2 Å². The lowest BCUT2D eigenvalue weighted by atomic mass is 10.1. The highest BCUT2D eigenvalue weighted by Crippen LogP contribution is 2.22. The largest absolute Gasteiger partial charge is 0.493 e. The molecule has 2 heterocycles. The molecule has 7 heteroatoms. The highest BCUT2D eigenvalue weighted by molar-refractivity contribution is 14.0. The van der Waals surface area contributed by atoms with Crippen LogP contribution in [-0.2, 0) is 16.0 Å². The second-order valence-electron chi connectivity index (χ2n) is 7.89. The molecule has 29 heavy (non-hydrogen) atoms. The number of hydrogen-bond acceptors (Lipinski definition) is 4. The molecular weight excluding hydrogens is 481 g/mol. The fourth-order valence-corrected chi connectivity index (χ4v) is 3.61. The Labute approximate surface area is 192 Å². The summed E-state index contributed by atoms with van der Waals surface area (Å²) in [7, 11) is 0. The zero-order chi connectivity index (χ0) is 19.8. The Hall–Kier alpha value is -1.06. The normalized spacial score (nSPS) is 22.5. The average molecular weight is 517 g/mol. The average Bonchev–Trinajstić information content (AvgIpc) is 3.25. The first-order chi connectivity index (χ1) is 13.7. The van der Waals surface area contributed by atoms with Crippen LogP contribution in [0.25, 0.3) is 0 Å². The van der Waals surface area contributed by atoms with E-state index in [-0.39, 0.29) is 36.2 Å². The molecule has 6 nitrogen and oxygen atoms in total. The summed E-state index contributed by atoms with van der Waals surface area (Å²) in [6.07, 6.45) is 2.57. The number of guanidine groups is 1. The predicted octanol–water partition coefficient (Wildman–Crippen LogP) is 3.68. The van der Waals surface area contributed by atoms with E-state index in [0.29, 0.717) is 25.7 Å². The third-order valence-corrected chi connectivity index (χ3v) is 5.05. The Balaban J connectivity index is 0.00000300. The van der Waals surface area contributed by atoms with Crippen molar-refractivity contribution in [2.24, 2.45) is 10.9 Å². The first kappa shape index (κ1) is 24.2. The number of para-hydroxylation sites is 1. The number of hydrogen-bond donors (Lipinski definition) is 1. The molecule has 2 aliphatic heterocycles. The van der Waals surface area contributed by atoms with Crippen LogP contribution >= 0.6 is 24.0 Å². The van der Waals surface area contributed by atoms with Gasteiger partial charge < -0.3 is 24.4 Å². The fourth-order valence-electron chi connectivity index (χ4n) is 3.61. The van der Waals surface area contributed by atoms with Gasteiger partial charge in [0, 0.05) is 31.8 Å². The molecule has 1 aromatic rings. The molecule has 1 aromatic carbocycles. The molecule has 0 amide bonds. The van der Waals surface area contributed by atoms with E-state index in [0.717, 1.165) is 56.4 Å². The SMILES string of the molecule is CCNC(=NCc1ccccc1OCC(C)C)N1CCOC(C2CCCO2)C1.I. The lowest BCUT2D eigenvalue weighted by Gasteiger charge is -2.37. The van der Waals surface area contributed by atoms with Gasteiger partial charge in [-0.15, -0.1) is 24.0 Å². The Morgan fingerprint density at radius 1 is 1.24 bits per heavy atom. The number of nitrogens with one attached hydrogen (secondary N) is 1. The number of morpholine rings is 1. The Morgan fingerprint density at radius 3 is 2.76 bits per heavy atom. The standard InChI is InChI=1S/C22H35N3O3.HI/c1-4-23-22(25-11-13-27-21(15-25)20-10-7-12-26-20)24-14-18-8-5-6-9-19(18)28-16-17(2)3;/h5-6,8-9,17,20-21H,4,7,10-16H2,1-3H3,(H,23,24);1H. The van der Waals surface area contributed by atoms with E-state index in [1.54, 1.807) is 0 Å². The molecule has 2 fully saturated rings. The number of rotatable bonds is 7. The van der Waals surface area contributed by atoms with Crippen molar-refractivity contribution in [3.05, 3.63) is 29.8 Å². The topological polar surface area (TPSA) is 55.3 Å². The zero-order valence-electron chi connectivity index (χ0n) is 17.9. The summed E-state index contributed by atoms with van der Waals surface area (Å²) in [4.78, 5) is 7.21. The summed E-state index contributed by atoms with van der Waals surface area (Å²) >= 11 is 0. The van der Waals surface area contributed by atoms with E-state index in [1.807, 2.05) is 18.2 Å². The molecular formula is C22H36IN3O3. The van der Waals surface area contributed by atoms with E-state index in [2.05, 4.69) is 37.1 Å². The second-order valence-corrected chi connectivity index (χ2v) is 7.89. The van der Waals surface area contributed by atoms with E-state index in [4.69, 9.17) is 19.2 Å². The summed E-state index contributed by atoms with van der Waals surface area (Å²) in [5, 5.41) is 3.44. The van der Waals surface area contributed by atoms with Crippen LogP contribution < -0.4 is 10.1 Å². The van der Waals surface area contributed by atoms with Crippen molar-refractivity contribution >= 4 is 29.9 Å². The molecule has 164 valence electrons. The zero-order valence-corrected chi connectivity index (χ0v) is 20.3. The van der Waals surface area contributed by atoms with Crippen molar-refractivity contribution in [2.45, 2.75) is 52.4 Å². The van der Waals surface area contributed by atoms with E-state index in [9.17, 15) is 0 Å². The molecule has 2 unspecified atom stereocenters. The van der Waals surface area contributed by atoms with Crippen molar-refractivity contribution in [1.82, 2.24) is 10.2 Å². The quantitative estimate of drug-likeness (QED) is 0.340. The molecule has 0 saturated carbocycles. The number of halogens is 1. The molecule has 2 aliphatic rings. The highest BCUT2D eigenvalue weighted by atomic mass is 127. The van der Waals surface area contributed by atoms with Gasteiger partial charge in [0.25, 0.3) is 0 Å². The van der Waals surface area contributed by atoms with Gasteiger partial charge in [0.1, 0.15) is 11.9 Å². The molecule has 2 atom stereocenters. The summed E-state index contributed by atoms with van der Waals surface area (Å²) in [6, 6.07) is 8.18. The van der Waals surface area contributed by atoms with Crippen molar-refractivity contribution in [1.29, 1.82) is 0 Å². The predicted molar refractivity (Wildman–Crippen MR) is 127 cm³/mol. The van der Waals surface area contributed by atoms with Crippen LogP contribution in [-0.4, -0.2) is 62.5 Å². The van der Waals surface area contributed by atoms with Crippen molar-refractivity contribution in [2.75, 3.05) is 39.5 Å². The first-order valence-electron chi connectivity index (χ1n) is 10.6. The molecule has 0 radical (unpaired) electrons. The first-order valence-corrected chi connectivity index (χ1v) is 10.6. The van der Waals surface area contributed by atoms with Crippen LogP contribution in [0.3, 0.4) is 0 Å². The number of ether oxygens (including phenoxy) is 3. The maximum absolute atomic E-state index is 5.99. The fraction of sp³-hybridized carbons (Fsp3) is 0.682. The van der Waals surface area contributed by atoms with Crippen molar-refractivity contribution < 1.29 is 14.2 Å². The van der Waals surface area contributed by atoms with Crippen LogP contribution in [0.4, 0.5) is 0 Å². The molecule has 0 spiro atoms. The smallest absolute Gasteiger partial charge is 0.194 e. The Morgan fingerprint density at radius 2 is 2.03 bits per heavy atom. The maximum Gasteiger partial charge on any atom is 0.194 e. The summed E-state index contributed by atoms with van der Waals surface area (Å²) < 4.78 is 17.8. The van der Waals surface area contributed by atoms with E-state index < -0.39 is 0 Å².